The number of benzene rings is 3. The third kappa shape index (κ3) is 9.38. The van der Waals surface area contributed by atoms with Crippen molar-refractivity contribution in [3.8, 4) is 6.07 Å². The zero-order valence-corrected chi connectivity index (χ0v) is 33.3. The Balaban J connectivity index is 0.000000184. The first-order chi connectivity index (χ1) is 27.8. The second-order valence-electron chi connectivity index (χ2n) is 15.8. The van der Waals surface area contributed by atoms with Crippen molar-refractivity contribution < 1.29 is 18.4 Å². The minimum absolute atomic E-state index is 0.0967. The van der Waals surface area contributed by atoms with Crippen molar-refractivity contribution in [1.82, 2.24) is 14.8 Å². The van der Waals surface area contributed by atoms with Gasteiger partial charge in [0.15, 0.2) is 0 Å². The number of anilines is 4. The van der Waals surface area contributed by atoms with E-state index < -0.39 is 16.9 Å². The fraction of sp³-hybridized carbons (Fsp3) is 0.364. The number of nitrogens with two attached hydrogens (primary N) is 2. The number of aromatic nitrogens is 1. The number of aromatic amines is 1. The molecule has 58 heavy (non-hydrogen) atoms. The Morgan fingerprint density at radius 1 is 0.776 bits per heavy atom. The molecule has 2 fully saturated rings. The van der Waals surface area contributed by atoms with Crippen LogP contribution in [0.4, 0.5) is 27.5 Å². The van der Waals surface area contributed by atoms with Crippen LogP contribution in [-0.4, -0.2) is 85.4 Å². The molecule has 0 bridgehead atoms. The minimum Gasteiger partial charge on any atom is -0.444 e. The lowest BCUT2D eigenvalue weighted by Crippen LogP contribution is -2.50. The summed E-state index contributed by atoms with van der Waals surface area (Å²) < 4.78 is 15.8. The van der Waals surface area contributed by atoms with E-state index in [1.54, 1.807) is 23.1 Å². The summed E-state index contributed by atoms with van der Waals surface area (Å²) in [7, 11) is 0. The van der Waals surface area contributed by atoms with Crippen molar-refractivity contribution in [3.05, 3.63) is 105 Å². The van der Waals surface area contributed by atoms with Crippen LogP contribution in [0.5, 0.6) is 0 Å². The number of H-pyrrole nitrogens is 1. The largest absolute Gasteiger partial charge is 0.444 e. The Kier molecular flexibility index (Phi) is 11.6. The first kappa shape index (κ1) is 39.8. The number of nitrogens with one attached hydrogen (secondary N) is 1. The Hall–Kier alpha value is -6.46. The molecule has 302 valence electrons. The third-order valence-corrected chi connectivity index (χ3v) is 10.6. The Labute approximate surface area is 336 Å². The summed E-state index contributed by atoms with van der Waals surface area (Å²) in [5.41, 5.74) is 16.4. The lowest BCUT2D eigenvalue weighted by Gasteiger charge is -2.36. The van der Waals surface area contributed by atoms with Crippen molar-refractivity contribution in [2.24, 2.45) is 0 Å². The third-order valence-electron chi connectivity index (χ3n) is 10.6. The van der Waals surface area contributed by atoms with Gasteiger partial charge in [-0.1, -0.05) is 0 Å². The maximum atomic E-state index is 12.1. The molecule has 3 aromatic heterocycles. The Morgan fingerprint density at radius 2 is 1.34 bits per heavy atom. The number of fused-ring (bicyclic) bond motifs is 3. The molecule has 3 aromatic carbocycles. The smallest absolute Gasteiger partial charge is 0.410 e. The van der Waals surface area contributed by atoms with Gasteiger partial charge in [0.25, 0.3) is 0 Å². The molecule has 0 spiro atoms. The number of ether oxygens (including phenoxy) is 1. The van der Waals surface area contributed by atoms with Crippen molar-refractivity contribution in [3.63, 3.8) is 0 Å². The van der Waals surface area contributed by atoms with E-state index in [9.17, 15) is 14.4 Å². The van der Waals surface area contributed by atoms with Crippen molar-refractivity contribution in [2.75, 3.05) is 80.2 Å². The summed E-state index contributed by atoms with van der Waals surface area (Å²) in [6.45, 7) is 13.3. The topological polar surface area (TPSA) is 191 Å². The van der Waals surface area contributed by atoms with Gasteiger partial charge in [0.2, 0.25) is 0 Å². The summed E-state index contributed by atoms with van der Waals surface area (Å²) in [6, 6.07) is 22.9. The van der Waals surface area contributed by atoms with E-state index in [1.165, 1.54) is 10.9 Å². The second-order valence-corrected chi connectivity index (χ2v) is 15.8. The maximum absolute atomic E-state index is 12.1. The highest BCUT2D eigenvalue weighted by Crippen LogP contribution is 2.26. The van der Waals surface area contributed by atoms with E-state index in [2.05, 4.69) is 31.9 Å². The zero-order valence-electron chi connectivity index (χ0n) is 33.3. The van der Waals surface area contributed by atoms with Crippen LogP contribution in [0.3, 0.4) is 0 Å². The van der Waals surface area contributed by atoms with Crippen LogP contribution in [0.2, 0.25) is 0 Å². The number of rotatable bonds is 7. The molecule has 2 aliphatic heterocycles. The average Bonchev–Trinajstić information content (AvgIpc) is 3.62. The van der Waals surface area contributed by atoms with Gasteiger partial charge in [-0.15, -0.1) is 0 Å². The van der Waals surface area contributed by atoms with E-state index >= 15 is 0 Å². The molecule has 5 N–H and O–H groups in total. The predicted molar refractivity (Wildman–Crippen MR) is 228 cm³/mol. The van der Waals surface area contributed by atoms with E-state index in [0.717, 1.165) is 79.7 Å². The number of amides is 1. The number of hydrogen-bond donors (Lipinski definition) is 3. The van der Waals surface area contributed by atoms with Crippen LogP contribution in [0, 0.1) is 11.3 Å². The van der Waals surface area contributed by atoms with Gasteiger partial charge in [-0.25, -0.2) is 14.4 Å². The van der Waals surface area contributed by atoms with Crippen LogP contribution < -0.4 is 32.5 Å². The van der Waals surface area contributed by atoms with Crippen molar-refractivity contribution >= 4 is 61.7 Å². The van der Waals surface area contributed by atoms with Gasteiger partial charge in [-0.05, 0) is 119 Å². The molecule has 0 unspecified atom stereocenters. The fourth-order valence-electron chi connectivity index (χ4n) is 7.46. The van der Waals surface area contributed by atoms with Gasteiger partial charge in [0.1, 0.15) is 28.1 Å². The standard InChI is InChI=1S/C26H27N5O2.C18H23N3O4/c27-16-18-4-6-24-22(13-18)19(17-29-24)3-1-2-8-30-9-11-31(12-10-30)21-5-7-25-20(14-21)15-23(28)26(32)33-25;1-18(2,3)25-17(23)21-8-6-20(7-9-21)13-4-5-15-12(10-13)11-14(19)16(22)24-15/h4-7,13-15,17,29H,1-3,8-12,28H2;4-5,10-11H,6-9,19H2,1-3H3. The first-order valence-electron chi connectivity index (χ1n) is 19.7. The summed E-state index contributed by atoms with van der Waals surface area (Å²) in [5.74, 6) is 0. The Morgan fingerprint density at radius 3 is 1.90 bits per heavy atom. The number of nitriles is 1. The fourth-order valence-corrected chi connectivity index (χ4v) is 7.46. The number of aryl methyl sites for hydroxylation is 1. The Bertz CT molecular complexity index is 2580. The molecule has 0 aliphatic carbocycles. The molecule has 14 nitrogen and oxygen atoms in total. The number of nitrogens with zero attached hydrogens (tertiary/aromatic N) is 5. The van der Waals surface area contributed by atoms with Gasteiger partial charge >= 0.3 is 17.3 Å². The molecular weight excluding hydrogens is 737 g/mol. The number of carbonyl (C=O) groups is 1. The van der Waals surface area contributed by atoms with Gasteiger partial charge in [-0.3, -0.25) is 4.90 Å². The molecule has 2 saturated heterocycles. The molecule has 1 amide bonds. The highest BCUT2D eigenvalue weighted by Gasteiger charge is 2.26. The average molecular weight is 787 g/mol. The van der Waals surface area contributed by atoms with Crippen LogP contribution in [-0.2, 0) is 11.2 Å². The molecule has 0 radical (unpaired) electrons. The second kappa shape index (κ2) is 17.0. The van der Waals surface area contributed by atoms with Gasteiger partial charge in [0.05, 0.1) is 11.6 Å². The quantitative estimate of drug-likeness (QED) is 0.121. The van der Waals surface area contributed by atoms with Gasteiger partial charge in [-0.2, -0.15) is 5.26 Å². The normalized spacial score (nSPS) is 15.0. The molecule has 6 aromatic rings. The summed E-state index contributed by atoms with van der Waals surface area (Å²) in [4.78, 5) is 47.3. The molecule has 0 atom stereocenters. The van der Waals surface area contributed by atoms with E-state index in [4.69, 9.17) is 30.3 Å². The van der Waals surface area contributed by atoms with Gasteiger partial charge in [0, 0.05) is 91.6 Å². The lowest BCUT2D eigenvalue weighted by atomic mass is 10.1. The molecule has 0 saturated carbocycles. The molecule has 2 aliphatic rings. The lowest BCUT2D eigenvalue weighted by molar-refractivity contribution is 0.0240. The summed E-state index contributed by atoms with van der Waals surface area (Å²) >= 11 is 0. The van der Waals surface area contributed by atoms with E-state index in [0.29, 0.717) is 42.9 Å². The molecule has 8 rings (SSSR count). The van der Waals surface area contributed by atoms with E-state index in [1.807, 2.05) is 69.3 Å². The molecular formula is C44H50N8O6. The number of unbranched alkanes of at least 4 members (excludes halogenated alkanes) is 1. The van der Waals surface area contributed by atoms with Crippen LogP contribution in [0.15, 0.2) is 91.4 Å². The van der Waals surface area contributed by atoms with Crippen molar-refractivity contribution in [2.45, 2.75) is 45.6 Å². The SMILES string of the molecule is CC(C)(C)OC(=O)N1CCN(c2ccc3oc(=O)c(N)cc3c2)CC1.N#Cc1ccc2[nH]cc(CCCCN3CCN(c4ccc5oc(=O)c(N)cc5c4)CC3)c2c1. The maximum Gasteiger partial charge on any atom is 0.410 e. The highest BCUT2D eigenvalue weighted by atomic mass is 16.6. The summed E-state index contributed by atoms with van der Waals surface area (Å²) in [6.07, 6.45) is 5.10. The highest BCUT2D eigenvalue weighted by molar-refractivity contribution is 5.85. The summed E-state index contributed by atoms with van der Waals surface area (Å²) in [5, 5.41) is 12.0. The zero-order chi connectivity index (χ0) is 41.0. The number of hydrogen-bond acceptors (Lipinski definition) is 12. The molecule has 5 heterocycles. The number of nitrogen functional groups attached to an aromatic ring is 2. The molecule has 14 heteroatoms. The van der Waals surface area contributed by atoms with Crippen LogP contribution in [0.25, 0.3) is 32.8 Å². The minimum atomic E-state index is -0.522. The first-order valence-corrected chi connectivity index (χ1v) is 19.7. The van der Waals surface area contributed by atoms with Gasteiger partial charge < -0.3 is 44.7 Å². The number of piperazine rings is 2. The van der Waals surface area contributed by atoms with Crippen LogP contribution >= 0.6 is 0 Å². The van der Waals surface area contributed by atoms with E-state index in [-0.39, 0.29) is 17.5 Å². The van der Waals surface area contributed by atoms with Crippen molar-refractivity contribution in [1.29, 1.82) is 5.26 Å². The predicted octanol–water partition coefficient (Wildman–Crippen LogP) is 6.31. The monoisotopic (exact) mass is 786 g/mol. The van der Waals surface area contributed by atoms with Crippen LogP contribution in [0.1, 0.15) is 44.7 Å². The number of carbonyl (C=O) groups excluding carboxylic acids is 1.